The van der Waals surface area contributed by atoms with Gasteiger partial charge in [0, 0.05) is 32.6 Å². The summed E-state index contributed by atoms with van der Waals surface area (Å²) in [7, 11) is 0. The molecule has 1 rings (SSSR count). The van der Waals surface area contributed by atoms with E-state index in [9.17, 15) is 9.59 Å². The SMILES string of the molecule is CCCN(C(C)=O)c1ccccc1.CCNC(C)=O. The Labute approximate surface area is 115 Å². The molecule has 106 valence electrons. The zero-order chi connectivity index (χ0) is 14.7. The number of hydrogen-bond acceptors (Lipinski definition) is 2. The quantitative estimate of drug-likeness (QED) is 0.908. The Hall–Kier alpha value is -1.84. The number of amides is 2. The molecule has 1 aromatic carbocycles. The van der Waals surface area contributed by atoms with Gasteiger partial charge in [-0.2, -0.15) is 0 Å². The van der Waals surface area contributed by atoms with Gasteiger partial charge < -0.3 is 10.2 Å². The normalized spacial score (nSPS) is 9.05. The Morgan fingerprint density at radius 1 is 1.11 bits per heavy atom. The number of carbonyl (C=O) groups is 2. The molecule has 0 spiro atoms. The molecular weight excluding hydrogens is 240 g/mol. The molecule has 0 aliphatic carbocycles. The Balaban J connectivity index is 0.000000459. The second-order valence-corrected chi connectivity index (χ2v) is 4.09. The van der Waals surface area contributed by atoms with Crippen LogP contribution in [0.4, 0.5) is 5.69 Å². The van der Waals surface area contributed by atoms with Gasteiger partial charge in [-0.3, -0.25) is 9.59 Å². The second kappa shape index (κ2) is 10.1. The van der Waals surface area contributed by atoms with Gasteiger partial charge >= 0.3 is 0 Å². The number of hydrogen-bond donors (Lipinski definition) is 1. The molecule has 0 unspecified atom stereocenters. The third-order valence-electron chi connectivity index (χ3n) is 2.32. The van der Waals surface area contributed by atoms with Crippen molar-refractivity contribution >= 4 is 17.5 Å². The molecule has 0 saturated heterocycles. The highest BCUT2D eigenvalue weighted by atomic mass is 16.2. The van der Waals surface area contributed by atoms with Crippen molar-refractivity contribution in [2.45, 2.75) is 34.1 Å². The predicted octanol–water partition coefficient (Wildman–Crippen LogP) is 2.59. The lowest BCUT2D eigenvalue weighted by molar-refractivity contribution is -0.119. The number of nitrogens with one attached hydrogen (secondary N) is 1. The van der Waals surface area contributed by atoms with Crippen molar-refractivity contribution < 1.29 is 9.59 Å². The lowest BCUT2D eigenvalue weighted by Gasteiger charge is -2.19. The Bertz CT molecular complexity index is 377. The predicted molar refractivity (Wildman–Crippen MR) is 79.1 cm³/mol. The molecule has 4 heteroatoms. The minimum absolute atomic E-state index is 0.0394. The highest BCUT2D eigenvalue weighted by molar-refractivity contribution is 5.91. The van der Waals surface area contributed by atoms with Crippen molar-refractivity contribution in [3.63, 3.8) is 0 Å². The summed E-state index contributed by atoms with van der Waals surface area (Å²) in [6.45, 7) is 8.58. The van der Waals surface area contributed by atoms with Crippen LogP contribution in [0.25, 0.3) is 0 Å². The van der Waals surface area contributed by atoms with E-state index in [4.69, 9.17) is 0 Å². The van der Waals surface area contributed by atoms with E-state index in [1.807, 2.05) is 37.3 Å². The summed E-state index contributed by atoms with van der Waals surface area (Å²) in [4.78, 5) is 23.0. The van der Waals surface area contributed by atoms with Gasteiger partial charge in [0.2, 0.25) is 11.8 Å². The van der Waals surface area contributed by atoms with E-state index in [0.29, 0.717) is 0 Å². The molecule has 1 N–H and O–H groups in total. The highest BCUT2D eigenvalue weighted by Gasteiger charge is 2.08. The van der Waals surface area contributed by atoms with E-state index in [0.717, 1.165) is 25.2 Å². The summed E-state index contributed by atoms with van der Waals surface area (Å²) in [5.74, 6) is 0.144. The lowest BCUT2D eigenvalue weighted by Crippen LogP contribution is -2.28. The molecule has 4 nitrogen and oxygen atoms in total. The number of carbonyl (C=O) groups excluding carboxylic acids is 2. The molecule has 0 aromatic heterocycles. The summed E-state index contributed by atoms with van der Waals surface area (Å²) in [5.41, 5.74) is 0.983. The van der Waals surface area contributed by atoms with Crippen LogP contribution in [-0.4, -0.2) is 24.9 Å². The van der Waals surface area contributed by atoms with E-state index >= 15 is 0 Å². The zero-order valence-electron chi connectivity index (χ0n) is 12.3. The summed E-state index contributed by atoms with van der Waals surface area (Å²) < 4.78 is 0. The lowest BCUT2D eigenvalue weighted by atomic mass is 10.2. The van der Waals surface area contributed by atoms with Gasteiger partial charge in [0.05, 0.1) is 0 Å². The number of rotatable bonds is 4. The molecule has 0 heterocycles. The Kier molecular flexibility index (Phi) is 9.14. The number of nitrogens with zero attached hydrogens (tertiary/aromatic N) is 1. The first-order chi connectivity index (χ1) is 9.02. The summed E-state index contributed by atoms with van der Waals surface area (Å²) >= 11 is 0. The summed E-state index contributed by atoms with van der Waals surface area (Å²) in [6.07, 6.45) is 0.981. The average Bonchev–Trinajstić information content (AvgIpc) is 2.37. The maximum Gasteiger partial charge on any atom is 0.223 e. The number of para-hydroxylation sites is 1. The molecular formula is C15H24N2O2. The van der Waals surface area contributed by atoms with Gasteiger partial charge in [-0.05, 0) is 25.5 Å². The standard InChI is InChI=1S/C11H15NO.C4H9NO/c1-3-9-12(10(2)13)11-7-5-4-6-8-11;1-3-5-4(2)6/h4-8H,3,9H2,1-2H3;3H2,1-2H3,(H,5,6). The molecule has 0 bridgehead atoms. The zero-order valence-corrected chi connectivity index (χ0v) is 12.3. The van der Waals surface area contributed by atoms with Crippen LogP contribution in [0, 0.1) is 0 Å². The third-order valence-corrected chi connectivity index (χ3v) is 2.32. The van der Waals surface area contributed by atoms with Crippen molar-refractivity contribution in [1.29, 1.82) is 0 Å². The molecule has 0 radical (unpaired) electrons. The van der Waals surface area contributed by atoms with Crippen LogP contribution in [0.3, 0.4) is 0 Å². The first-order valence-electron chi connectivity index (χ1n) is 6.60. The fourth-order valence-corrected chi connectivity index (χ4v) is 1.55. The maximum absolute atomic E-state index is 11.3. The highest BCUT2D eigenvalue weighted by Crippen LogP contribution is 2.13. The van der Waals surface area contributed by atoms with Crippen molar-refractivity contribution in [2.75, 3.05) is 18.0 Å². The van der Waals surface area contributed by atoms with Gasteiger partial charge in [-0.15, -0.1) is 0 Å². The van der Waals surface area contributed by atoms with Crippen molar-refractivity contribution in [3.8, 4) is 0 Å². The minimum atomic E-state index is 0.0394. The first kappa shape index (κ1) is 17.2. The fourth-order valence-electron chi connectivity index (χ4n) is 1.55. The first-order valence-corrected chi connectivity index (χ1v) is 6.60. The van der Waals surface area contributed by atoms with E-state index < -0.39 is 0 Å². The molecule has 2 amide bonds. The van der Waals surface area contributed by atoms with Crippen LogP contribution in [-0.2, 0) is 9.59 Å². The van der Waals surface area contributed by atoms with Crippen LogP contribution in [0.2, 0.25) is 0 Å². The van der Waals surface area contributed by atoms with E-state index in [-0.39, 0.29) is 11.8 Å². The largest absolute Gasteiger partial charge is 0.357 e. The molecule has 0 atom stereocenters. The molecule has 0 saturated carbocycles. The van der Waals surface area contributed by atoms with Crippen LogP contribution < -0.4 is 10.2 Å². The summed E-state index contributed by atoms with van der Waals surface area (Å²) in [5, 5.41) is 2.57. The van der Waals surface area contributed by atoms with Crippen LogP contribution in [0.1, 0.15) is 34.1 Å². The minimum Gasteiger partial charge on any atom is -0.357 e. The van der Waals surface area contributed by atoms with Crippen molar-refractivity contribution in [3.05, 3.63) is 30.3 Å². The Morgan fingerprint density at radius 2 is 1.68 bits per heavy atom. The third kappa shape index (κ3) is 7.97. The topological polar surface area (TPSA) is 49.4 Å². The van der Waals surface area contributed by atoms with E-state index in [1.165, 1.54) is 6.92 Å². The van der Waals surface area contributed by atoms with Crippen molar-refractivity contribution in [2.24, 2.45) is 0 Å². The molecule has 0 aliphatic heterocycles. The van der Waals surface area contributed by atoms with E-state index in [2.05, 4.69) is 12.2 Å². The number of anilines is 1. The second-order valence-electron chi connectivity index (χ2n) is 4.09. The van der Waals surface area contributed by atoms with Gasteiger partial charge in [0.15, 0.2) is 0 Å². The smallest absolute Gasteiger partial charge is 0.223 e. The van der Waals surface area contributed by atoms with Crippen LogP contribution in [0.15, 0.2) is 30.3 Å². The van der Waals surface area contributed by atoms with Gasteiger partial charge in [-0.1, -0.05) is 25.1 Å². The van der Waals surface area contributed by atoms with Crippen LogP contribution in [0.5, 0.6) is 0 Å². The maximum atomic E-state index is 11.3. The van der Waals surface area contributed by atoms with E-state index in [1.54, 1.807) is 11.8 Å². The molecule has 0 fully saturated rings. The fraction of sp³-hybridized carbons (Fsp3) is 0.467. The molecule has 19 heavy (non-hydrogen) atoms. The van der Waals surface area contributed by atoms with Gasteiger partial charge in [-0.25, -0.2) is 0 Å². The Morgan fingerprint density at radius 3 is 2.00 bits per heavy atom. The van der Waals surface area contributed by atoms with Crippen LogP contribution >= 0.6 is 0 Å². The summed E-state index contributed by atoms with van der Waals surface area (Å²) in [6, 6.07) is 9.75. The van der Waals surface area contributed by atoms with Gasteiger partial charge in [0.25, 0.3) is 0 Å². The molecule has 0 aliphatic rings. The average molecular weight is 264 g/mol. The monoisotopic (exact) mass is 264 g/mol. The number of benzene rings is 1. The van der Waals surface area contributed by atoms with Crippen molar-refractivity contribution in [1.82, 2.24) is 5.32 Å². The van der Waals surface area contributed by atoms with Gasteiger partial charge in [0.1, 0.15) is 0 Å². The molecule has 1 aromatic rings.